The number of rotatable bonds is 1. The highest BCUT2D eigenvalue weighted by atomic mass is 79.9. The molecule has 1 aromatic carbocycles. The van der Waals surface area contributed by atoms with Crippen LogP contribution in [0.5, 0.6) is 0 Å². The number of aromatic nitrogens is 1. The third-order valence-electron chi connectivity index (χ3n) is 3.22. The van der Waals surface area contributed by atoms with Crippen molar-refractivity contribution in [2.75, 3.05) is 0 Å². The van der Waals surface area contributed by atoms with Gasteiger partial charge in [0.1, 0.15) is 0 Å². The summed E-state index contributed by atoms with van der Waals surface area (Å²) in [5.74, 6) is -0.338. The molecular formula is C13H11BrFNO. The molecule has 1 aromatic heterocycles. The highest BCUT2D eigenvalue weighted by Gasteiger charge is 2.27. The minimum atomic E-state index is -0.338. The Kier molecular flexibility index (Phi) is 2.36. The van der Waals surface area contributed by atoms with Crippen LogP contribution >= 0.6 is 15.9 Å². The van der Waals surface area contributed by atoms with Crippen molar-refractivity contribution in [3.05, 3.63) is 44.4 Å². The van der Waals surface area contributed by atoms with E-state index in [0.717, 1.165) is 23.8 Å². The third-order valence-corrected chi connectivity index (χ3v) is 3.84. The van der Waals surface area contributed by atoms with Crippen LogP contribution in [0.3, 0.4) is 0 Å². The Morgan fingerprint density at radius 1 is 1.41 bits per heavy atom. The van der Waals surface area contributed by atoms with Crippen LogP contribution in [0, 0.1) is 12.7 Å². The fraction of sp³-hybridized carbons (Fsp3) is 0.308. The van der Waals surface area contributed by atoms with Gasteiger partial charge in [-0.1, -0.05) is 6.07 Å². The molecule has 2 nitrogen and oxygen atoms in total. The van der Waals surface area contributed by atoms with Crippen molar-refractivity contribution < 1.29 is 4.39 Å². The number of halogens is 2. The van der Waals surface area contributed by atoms with Crippen LogP contribution < -0.4 is 5.56 Å². The lowest BCUT2D eigenvalue weighted by atomic mass is 10.1. The number of aryl methyl sites for hydroxylation is 1. The molecule has 1 aliphatic rings. The van der Waals surface area contributed by atoms with Gasteiger partial charge in [-0.05, 0) is 47.3 Å². The summed E-state index contributed by atoms with van der Waals surface area (Å²) in [7, 11) is 0. The molecule has 1 aliphatic carbocycles. The molecule has 1 saturated carbocycles. The van der Waals surface area contributed by atoms with Crippen molar-refractivity contribution in [2.45, 2.75) is 25.8 Å². The average Bonchev–Trinajstić information content (AvgIpc) is 3.08. The highest BCUT2D eigenvalue weighted by Crippen LogP contribution is 2.37. The number of fused-ring (bicyclic) bond motifs is 1. The first kappa shape index (κ1) is 11.0. The van der Waals surface area contributed by atoms with Gasteiger partial charge in [-0.2, -0.15) is 0 Å². The Morgan fingerprint density at radius 3 is 2.76 bits per heavy atom. The molecule has 0 radical (unpaired) electrons. The van der Waals surface area contributed by atoms with E-state index in [1.54, 1.807) is 16.7 Å². The first-order valence-corrected chi connectivity index (χ1v) is 6.39. The summed E-state index contributed by atoms with van der Waals surface area (Å²) in [6, 6.07) is 5.31. The Labute approximate surface area is 106 Å². The topological polar surface area (TPSA) is 22.0 Å². The smallest absolute Gasteiger partial charge is 0.251 e. The van der Waals surface area contributed by atoms with Gasteiger partial charge >= 0.3 is 0 Å². The fourth-order valence-electron chi connectivity index (χ4n) is 2.23. The number of benzene rings is 1. The maximum absolute atomic E-state index is 14.2. The van der Waals surface area contributed by atoms with Crippen LogP contribution in [0.2, 0.25) is 0 Å². The Hall–Kier alpha value is -1.16. The quantitative estimate of drug-likeness (QED) is 0.789. The lowest BCUT2D eigenvalue weighted by molar-refractivity contribution is 0.612. The van der Waals surface area contributed by atoms with Crippen molar-refractivity contribution in [3.8, 4) is 0 Å². The van der Waals surface area contributed by atoms with Gasteiger partial charge in [0.05, 0.1) is 9.99 Å². The minimum absolute atomic E-state index is 0.102. The monoisotopic (exact) mass is 295 g/mol. The van der Waals surface area contributed by atoms with Gasteiger partial charge in [0.2, 0.25) is 0 Å². The predicted octanol–water partition coefficient (Wildman–Crippen LogP) is 3.55. The van der Waals surface area contributed by atoms with Gasteiger partial charge in [0, 0.05) is 17.5 Å². The highest BCUT2D eigenvalue weighted by molar-refractivity contribution is 9.10. The Morgan fingerprint density at radius 2 is 2.12 bits per heavy atom. The Balaban J connectivity index is 2.53. The number of hydrogen-bond donors (Lipinski definition) is 0. The summed E-state index contributed by atoms with van der Waals surface area (Å²) < 4.78 is 16.2. The Bertz CT molecular complexity index is 673. The van der Waals surface area contributed by atoms with E-state index in [1.165, 1.54) is 0 Å². The molecule has 0 N–H and O–H groups in total. The van der Waals surface area contributed by atoms with E-state index >= 15 is 0 Å². The molecule has 1 fully saturated rings. The molecule has 4 heteroatoms. The molecule has 0 spiro atoms. The van der Waals surface area contributed by atoms with Crippen molar-refractivity contribution in [1.82, 2.24) is 4.57 Å². The second kappa shape index (κ2) is 3.67. The second-order valence-electron chi connectivity index (χ2n) is 4.52. The first-order chi connectivity index (χ1) is 8.09. The van der Waals surface area contributed by atoms with Gasteiger partial charge in [0.15, 0.2) is 5.82 Å². The predicted molar refractivity (Wildman–Crippen MR) is 68.9 cm³/mol. The zero-order valence-corrected chi connectivity index (χ0v) is 10.9. The fourth-order valence-corrected chi connectivity index (χ4v) is 2.55. The summed E-state index contributed by atoms with van der Waals surface area (Å²) in [5.41, 5.74) is 1.16. The zero-order chi connectivity index (χ0) is 12.2. The molecule has 3 rings (SSSR count). The van der Waals surface area contributed by atoms with Gasteiger partial charge in [-0.15, -0.1) is 0 Å². The lowest BCUT2D eigenvalue weighted by Crippen LogP contribution is -2.20. The van der Waals surface area contributed by atoms with Gasteiger partial charge in [0.25, 0.3) is 5.56 Å². The maximum atomic E-state index is 14.2. The second-order valence-corrected chi connectivity index (χ2v) is 5.38. The molecule has 1 heterocycles. The molecule has 0 amide bonds. The molecule has 0 saturated heterocycles. The standard InChI is InChI=1S/C13H11BrFNO/c1-7-6-11(17)16(8-2-3-8)13-9(7)4-5-10(14)12(13)15/h4-6,8H,2-3H2,1H3. The minimum Gasteiger partial charge on any atom is -0.302 e. The molecular weight excluding hydrogens is 285 g/mol. The molecule has 0 bridgehead atoms. The summed E-state index contributed by atoms with van der Waals surface area (Å²) >= 11 is 3.18. The first-order valence-electron chi connectivity index (χ1n) is 5.59. The molecule has 0 atom stereocenters. The summed E-state index contributed by atoms with van der Waals surface area (Å²) in [5, 5.41) is 0.817. The summed E-state index contributed by atoms with van der Waals surface area (Å²) in [4.78, 5) is 12.0. The molecule has 0 unspecified atom stereocenters. The van der Waals surface area contributed by atoms with Crippen LogP contribution in [0.4, 0.5) is 4.39 Å². The van der Waals surface area contributed by atoms with Crippen molar-refractivity contribution in [3.63, 3.8) is 0 Å². The SMILES string of the molecule is Cc1cc(=O)n(C2CC2)c2c(F)c(Br)ccc12. The zero-order valence-electron chi connectivity index (χ0n) is 9.34. The third kappa shape index (κ3) is 1.62. The van der Waals surface area contributed by atoms with Crippen LogP contribution in [0.1, 0.15) is 24.4 Å². The van der Waals surface area contributed by atoms with Crippen LogP contribution in [0.25, 0.3) is 10.9 Å². The average molecular weight is 296 g/mol. The van der Waals surface area contributed by atoms with Crippen LogP contribution in [-0.4, -0.2) is 4.57 Å². The molecule has 88 valence electrons. The summed E-state index contributed by atoms with van der Waals surface area (Å²) in [6.07, 6.45) is 1.92. The van der Waals surface area contributed by atoms with E-state index in [4.69, 9.17) is 0 Å². The normalized spacial score (nSPS) is 15.5. The molecule has 2 aromatic rings. The molecule has 17 heavy (non-hydrogen) atoms. The lowest BCUT2D eigenvalue weighted by Gasteiger charge is -2.12. The van der Waals surface area contributed by atoms with Crippen molar-refractivity contribution in [2.24, 2.45) is 0 Å². The number of nitrogens with zero attached hydrogens (tertiary/aromatic N) is 1. The largest absolute Gasteiger partial charge is 0.302 e. The van der Waals surface area contributed by atoms with Crippen molar-refractivity contribution >= 4 is 26.8 Å². The number of pyridine rings is 1. The van der Waals surface area contributed by atoms with Crippen molar-refractivity contribution in [1.29, 1.82) is 0 Å². The van der Waals surface area contributed by atoms with Crippen LogP contribution in [0.15, 0.2) is 27.5 Å². The van der Waals surface area contributed by atoms with E-state index in [1.807, 2.05) is 13.0 Å². The van der Waals surface area contributed by atoms with E-state index in [-0.39, 0.29) is 17.4 Å². The number of hydrogen-bond acceptors (Lipinski definition) is 1. The van der Waals surface area contributed by atoms with Gasteiger partial charge in [-0.25, -0.2) is 4.39 Å². The van der Waals surface area contributed by atoms with Crippen LogP contribution in [-0.2, 0) is 0 Å². The van der Waals surface area contributed by atoms with E-state index in [0.29, 0.717) is 9.99 Å². The maximum Gasteiger partial charge on any atom is 0.251 e. The van der Waals surface area contributed by atoms with E-state index in [9.17, 15) is 9.18 Å². The van der Waals surface area contributed by atoms with E-state index < -0.39 is 0 Å². The van der Waals surface area contributed by atoms with Gasteiger partial charge in [-0.3, -0.25) is 4.79 Å². The summed E-state index contributed by atoms with van der Waals surface area (Å²) in [6.45, 7) is 1.84. The van der Waals surface area contributed by atoms with Gasteiger partial charge < -0.3 is 4.57 Å². The van der Waals surface area contributed by atoms with E-state index in [2.05, 4.69) is 15.9 Å². The molecule has 0 aliphatic heterocycles.